The zero-order valence-corrected chi connectivity index (χ0v) is 14.6. The van der Waals surface area contributed by atoms with E-state index in [0.717, 1.165) is 15.7 Å². The Labute approximate surface area is 146 Å². The molecule has 0 bridgehead atoms. The molecule has 10 heteroatoms. The number of nitrogens with one attached hydrogen (secondary N) is 2. The minimum atomic E-state index is -0.113. The third-order valence-electron chi connectivity index (χ3n) is 2.73. The van der Waals surface area contributed by atoms with E-state index in [1.165, 1.54) is 30.0 Å². The molecule has 0 spiro atoms. The molecule has 3 rings (SSSR count). The van der Waals surface area contributed by atoms with Gasteiger partial charge in [-0.15, -0.1) is 20.4 Å². The number of benzene rings is 1. The van der Waals surface area contributed by atoms with Gasteiger partial charge in [0.2, 0.25) is 22.8 Å². The molecule has 0 fully saturated rings. The lowest BCUT2D eigenvalue weighted by molar-refractivity contribution is -0.114. The number of amides is 1. The molecular weight excluding hydrogens is 348 g/mol. The van der Waals surface area contributed by atoms with Crippen LogP contribution in [0.3, 0.4) is 0 Å². The number of carbonyl (C=O) groups is 1. The molecule has 0 atom stereocenters. The summed E-state index contributed by atoms with van der Waals surface area (Å²) in [5.41, 5.74) is 1.54. The standard InChI is InChI=1S/C14H14N6O2S2/c1-8(21)15-10-4-3-5-11(6-10)16-13-19-20-14(24-13)23-7-12-18-17-9(2)22-12/h3-6H,7H2,1-2H3,(H,15,21)(H,16,19). The second-order valence-electron chi connectivity index (χ2n) is 4.76. The highest BCUT2D eigenvalue weighted by molar-refractivity contribution is 8.00. The first-order valence-electron chi connectivity index (χ1n) is 6.98. The number of rotatable bonds is 6. The van der Waals surface area contributed by atoms with Crippen molar-refractivity contribution < 1.29 is 9.21 Å². The maximum absolute atomic E-state index is 11.1. The van der Waals surface area contributed by atoms with Crippen molar-refractivity contribution in [2.75, 3.05) is 10.6 Å². The minimum absolute atomic E-state index is 0.113. The van der Waals surface area contributed by atoms with Crippen LogP contribution in [0.15, 0.2) is 33.0 Å². The van der Waals surface area contributed by atoms with Crippen LogP contribution in [0, 0.1) is 6.92 Å². The van der Waals surface area contributed by atoms with E-state index in [4.69, 9.17) is 4.42 Å². The van der Waals surface area contributed by atoms with E-state index < -0.39 is 0 Å². The summed E-state index contributed by atoms with van der Waals surface area (Å²) >= 11 is 2.91. The maximum atomic E-state index is 11.1. The molecule has 0 aliphatic carbocycles. The van der Waals surface area contributed by atoms with Crippen molar-refractivity contribution in [1.29, 1.82) is 0 Å². The summed E-state index contributed by atoms with van der Waals surface area (Å²) in [6.45, 7) is 3.22. The second-order valence-corrected chi connectivity index (χ2v) is 6.96. The number of thioether (sulfide) groups is 1. The molecule has 124 valence electrons. The average Bonchev–Trinajstić information content (AvgIpc) is 3.14. The molecule has 2 N–H and O–H groups in total. The van der Waals surface area contributed by atoms with Crippen LogP contribution < -0.4 is 10.6 Å². The summed E-state index contributed by atoms with van der Waals surface area (Å²) in [5.74, 6) is 1.54. The Bertz CT molecular complexity index is 847. The van der Waals surface area contributed by atoms with Gasteiger partial charge in [-0.2, -0.15) is 0 Å². The number of aromatic nitrogens is 4. The van der Waals surface area contributed by atoms with Crippen molar-refractivity contribution in [2.24, 2.45) is 0 Å². The third-order valence-corrected chi connectivity index (χ3v) is 4.68. The highest BCUT2D eigenvalue weighted by Gasteiger charge is 2.09. The van der Waals surface area contributed by atoms with E-state index >= 15 is 0 Å². The predicted octanol–water partition coefficient (Wildman–Crippen LogP) is 3.22. The molecule has 2 heterocycles. The van der Waals surface area contributed by atoms with Gasteiger partial charge in [-0.05, 0) is 18.2 Å². The topological polar surface area (TPSA) is 106 Å². The van der Waals surface area contributed by atoms with Gasteiger partial charge < -0.3 is 15.1 Å². The van der Waals surface area contributed by atoms with Gasteiger partial charge in [0.1, 0.15) is 0 Å². The van der Waals surface area contributed by atoms with Crippen LogP contribution >= 0.6 is 23.1 Å². The molecule has 0 aliphatic rings. The highest BCUT2D eigenvalue weighted by atomic mass is 32.2. The Hall–Kier alpha value is -2.46. The molecule has 8 nitrogen and oxygen atoms in total. The van der Waals surface area contributed by atoms with E-state index in [2.05, 4.69) is 31.0 Å². The van der Waals surface area contributed by atoms with Crippen LogP contribution in [0.5, 0.6) is 0 Å². The maximum Gasteiger partial charge on any atom is 0.226 e. The normalized spacial score (nSPS) is 10.6. The first kappa shape index (κ1) is 16.4. The Kier molecular flexibility index (Phi) is 5.06. The summed E-state index contributed by atoms with van der Waals surface area (Å²) in [5, 5.41) is 22.5. The van der Waals surface area contributed by atoms with Crippen LogP contribution in [-0.4, -0.2) is 26.3 Å². The van der Waals surface area contributed by atoms with E-state index in [1.807, 2.05) is 24.3 Å². The van der Waals surface area contributed by atoms with Crippen LogP contribution in [0.1, 0.15) is 18.7 Å². The van der Waals surface area contributed by atoms with Gasteiger partial charge in [-0.1, -0.05) is 29.2 Å². The van der Waals surface area contributed by atoms with Gasteiger partial charge in [0.05, 0.1) is 5.75 Å². The molecule has 2 aromatic heterocycles. The number of hydrogen-bond acceptors (Lipinski definition) is 9. The summed E-state index contributed by atoms with van der Waals surface area (Å²) in [6, 6.07) is 7.39. The van der Waals surface area contributed by atoms with Gasteiger partial charge in [-0.25, -0.2) is 0 Å². The van der Waals surface area contributed by atoms with Gasteiger partial charge in [0.25, 0.3) is 0 Å². The summed E-state index contributed by atoms with van der Waals surface area (Å²) < 4.78 is 6.11. The fourth-order valence-corrected chi connectivity index (χ4v) is 3.45. The largest absolute Gasteiger partial charge is 0.425 e. The summed E-state index contributed by atoms with van der Waals surface area (Å²) in [7, 11) is 0. The van der Waals surface area contributed by atoms with Crippen molar-refractivity contribution in [3.8, 4) is 0 Å². The SMILES string of the molecule is CC(=O)Nc1cccc(Nc2nnc(SCc3nnc(C)o3)s2)c1. The Balaban J connectivity index is 1.60. The number of nitrogens with zero attached hydrogens (tertiary/aromatic N) is 4. The van der Waals surface area contributed by atoms with Crippen molar-refractivity contribution in [3.05, 3.63) is 36.0 Å². The zero-order valence-electron chi connectivity index (χ0n) is 12.9. The fraction of sp³-hybridized carbons (Fsp3) is 0.214. The Morgan fingerprint density at radius 2 is 2.08 bits per heavy atom. The summed E-state index contributed by atoms with van der Waals surface area (Å²) in [6.07, 6.45) is 0. The molecule has 3 aromatic rings. The lowest BCUT2D eigenvalue weighted by atomic mass is 10.3. The van der Waals surface area contributed by atoms with E-state index in [-0.39, 0.29) is 5.91 Å². The molecule has 0 radical (unpaired) electrons. The molecule has 1 aromatic carbocycles. The van der Waals surface area contributed by atoms with Gasteiger partial charge in [0, 0.05) is 25.2 Å². The molecule has 0 aliphatic heterocycles. The van der Waals surface area contributed by atoms with Crippen molar-refractivity contribution in [2.45, 2.75) is 23.9 Å². The lowest BCUT2D eigenvalue weighted by Gasteiger charge is -2.05. The molecule has 24 heavy (non-hydrogen) atoms. The Morgan fingerprint density at radius 1 is 1.25 bits per heavy atom. The highest BCUT2D eigenvalue weighted by Crippen LogP contribution is 2.30. The number of anilines is 3. The monoisotopic (exact) mass is 362 g/mol. The van der Waals surface area contributed by atoms with E-state index in [9.17, 15) is 4.79 Å². The quantitative estimate of drug-likeness (QED) is 0.644. The first-order valence-corrected chi connectivity index (χ1v) is 8.78. The smallest absolute Gasteiger partial charge is 0.226 e. The third kappa shape index (κ3) is 4.52. The second kappa shape index (κ2) is 7.41. The van der Waals surface area contributed by atoms with Gasteiger partial charge >= 0.3 is 0 Å². The van der Waals surface area contributed by atoms with Crippen LogP contribution in [-0.2, 0) is 10.5 Å². The molecule has 0 saturated heterocycles. The number of hydrogen-bond donors (Lipinski definition) is 2. The number of carbonyl (C=O) groups excluding carboxylic acids is 1. The van der Waals surface area contributed by atoms with E-state index in [0.29, 0.717) is 22.7 Å². The Morgan fingerprint density at radius 3 is 2.83 bits per heavy atom. The first-order chi connectivity index (χ1) is 11.6. The summed E-state index contributed by atoms with van der Waals surface area (Å²) in [4.78, 5) is 11.1. The molecule has 0 saturated carbocycles. The average molecular weight is 362 g/mol. The molecule has 1 amide bonds. The van der Waals surface area contributed by atoms with Crippen LogP contribution in [0.25, 0.3) is 0 Å². The van der Waals surface area contributed by atoms with E-state index in [1.54, 1.807) is 6.92 Å². The van der Waals surface area contributed by atoms with Crippen LogP contribution in [0.2, 0.25) is 0 Å². The van der Waals surface area contributed by atoms with Crippen molar-refractivity contribution in [3.63, 3.8) is 0 Å². The minimum Gasteiger partial charge on any atom is -0.425 e. The van der Waals surface area contributed by atoms with Gasteiger partial charge in [-0.3, -0.25) is 4.79 Å². The molecule has 0 unspecified atom stereocenters. The van der Waals surface area contributed by atoms with Crippen molar-refractivity contribution >= 4 is 45.5 Å². The molecular formula is C14H14N6O2S2. The van der Waals surface area contributed by atoms with Crippen molar-refractivity contribution in [1.82, 2.24) is 20.4 Å². The lowest BCUT2D eigenvalue weighted by Crippen LogP contribution is -2.05. The van der Waals surface area contributed by atoms with Gasteiger partial charge in [0.15, 0.2) is 4.34 Å². The number of aryl methyl sites for hydroxylation is 1. The van der Waals surface area contributed by atoms with Crippen LogP contribution in [0.4, 0.5) is 16.5 Å². The predicted molar refractivity (Wildman–Crippen MR) is 92.5 cm³/mol. The zero-order chi connectivity index (χ0) is 16.9. The fourth-order valence-electron chi connectivity index (χ4n) is 1.84.